The van der Waals surface area contributed by atoms with Gasteiger partial charge in [-0.25, -0.2) is 0 Å². The van der Waals surface area contributed by atoms with Crippen LogP contribution in [0.3, 0.4) is 0 Å². The van der Waals surface area contributed by atoms with Gasteiger partial charge in [-0.2, -0.15) is 13.2 Å². The summed E-state index contributed by atoms with van der Waals surface area (Å²) in [6.45, 7) is 4.16. The molecule has 0 aliphatic heterocycles. The van der Waals surface area contributed by atoms with Crippen LogP contribution in [0.15, 0.2) is 60.7 Å². The molecule has 0 saturated heterocycles. The van der Waals surface area contributed by atoms with E-state index in [1.165, 1.54) is 19.2 Å². The molecule has 0 atom stereocenters. The van der Waals surface area contributed by atoms with Gasteiger partial charge in [-0.1, -0.05) is 12.1 Å². The molecular weight excluding hydrogens is 407 g/mol. The summed E-state index contributed by atoms with van der Waals surface area (Å²) in [7, 11) is 1.51. The third kappa shape index (κ3) is 5.57. The Bertz CT molecular complexity index is 1090. The number of hydrogen-bond donors (Lipinski definition) is 1. The van der Waals surface area contributed by atoms with Crippen LogP contribution in [0.4, 0.5) is 18.9 Å². The van der Waals surface area contributed by atoms with Crippen molar-refractivity contribution in [3.63, 3.8) is 0 Å². The second kappa shape index (κ2) is 9.12. The van der Waals surface area contributed by atoms with Gasteiger partial charge in [0.25, 0.3) is 5.91 Å². The van der Waals surface area contributed by atoms with Crippen LogP contribution in [-0.2, 0) is 12.8 Å². The zero-order chi connectivity index (χ0) is 22.6. The normalized spacial score (nSPS) is 11.2. The maximum Gasteiger partial charge on any atom is 0.416 e. The highest BCUT2D eigenvalue weighted by Gasteiger charge is 2.30. The fraction of sp³-hybridized carbons (Fsp3) is 0.208. The van der Waals surface area contributed by atoms with Gasteiger partial charge in [-0.05, 0) is 73.5 Å². The van der Waals surface area contributed by atoms with Crippen molar-refractivity contribution >= 4 is 11.6 Å². The summed E-state index contributed by atoms with van der Waals surface area (Å²) >= 11 is 0. The predicted molar refractivity (Wildman–Crippen MR) is 113 cm³/mol. The van der Waals surface area contributed by atoms with Crippen LogP contribution in [0.1, 0.15) is 32.6 Å². The summed E-state index contributed by atoms with van der Waals surface area (Å²) < 4.78 is 49.9. The zero-order valence-corrected chi connectivity index (χ0v) is 17.3. The number of methoxy groups -OCH3 is 1. The van der Waals surface area contributed by atoms with E-state index in [1.807, 2.05) is 32.0 Å². The first-order valence-electron chi connectivity index (χ1n) is 9.53. The maximum absolute atomic E-state index is 12.9. The Balaban J connectivity index is 1.77. The lowest BCUT2D eigenvalue weighted by Gasteiger charge is -2.14. The fourth-order valence-corrected chi connectivity index (χ4v) is 2.97. The number of halogens is 3. The number of amides is 1. The monoisotopic (exact) mass is 429 g/mol. The lowest BCUT2D eigenvalue weighted by molar-refractivity contribution is -0.137. The van der Waals surface area contributed by atoms with Gasteiger partial charge in [0.2, 0.25) is 0 Å². The molecule has 3 aromatic carbocycles. The molecule has 0 spiro atoms. The van der Waals surface area contributed by atoms with Gasteiger partial charge in [0, 0.05) is 16.8 Å². The topological polar surface area (TPSA) is 47.6 Å². The molecule has 0 aromatic heterocycles. The van der Waals surface area contributed by atoms with E-state index >= 15 is 0 Å². The zero-order valence-electron chi connectivity index (χ0n) is 17.3. The van der Waals surface area contributed by atoms with E-state index in [0.29, 0.717) is 17.1 Å². The number of benzene rings is 3. The minimum atomic E-state index is -4.49. The Morgan fingerprint density at radius 2 is 1.74 bits per heavy atom. The van der Waals surface area contributed by atoms with Crippen LogP contribution in [0.5, 0.6) is 11.5 Å². The van der Waals surface area contributed by atoms with Crippen molar-refractivity contribution in [2.24, 2.45) is 0 Å². The number of anilines is 1. The summed E-state index contributed by atoms with van der Waals surface area (Å²) in [5, 5.41) is 2.50. The molecule has 4 nitrogen and oxygen atoms in total. The third-order valence-corrected chi connectivity index (χ3v) is 4.86. The second-order valence-electron chi connectivity index (χ2n) is 7.09. The average Bonchev–Trinajstić information content (AvgIpc) is 2.74. The molecule has 0 saturated carbocycles. The molecular formula is C24H22F3NO3. The number of hydrogen-bond acceptors (Lipinski definition) is 3. The van der Waals surface area contributed by atoms with E-state index in [1.54, 1.807) is 18.2 Å². The maximum atomic E-state index is 12.9. The molecule has 0 aliphatic rings. The quantitative estimate of drug-likeness (QED) is 0.510. The molecule has 1 amide bonds. The molecule has 3 rings (SSSR count). The first-order valence-corrected chi connectivity index (χ1v) is 9.53. The van der Waals surface area contributed by atoms with Gasteiger partial charge in [0.1, 0.15) is 18.1 Å². The first-order chi connectivity index (χ1) is 14.7. The van der Waals surface area contributed by atoms with Gasteiger partial charge in [0.05, 0.1) is 12.7 Å². The standard InChI is InChI=1S/C24H22F3NO3/c1-15-7-9-21(11-16(15)2)31-14-18-12-17(8-10-22(18)30-3)23(29)28-20-6-4-5-19(13-20)24(25,26)27/h4-13H,14H2,1-3H3,(H,28,29). The van der Waals surface area contributed by atoms with Gasteiger partial charge in [-0.15, -0.1) is 0 Å². The molecule has 31 heavy (non-hydrogen) atoms. The average molecular weight is 429 g/mol. The van der Waals surface area contributed by atoms with E-state index in [4.69, 9.17) is 9.47 Å². The molecule has 7 heteroatoms. The summed E-state index contributed by atoms with van der Waals surface area (Å²) in [6, 6.07) is 15.0. The van der Waals surface area contributed by atoms with E-state index < -0.39 is 17.6 Å². The van der Waals surface area contributed by atoms with Crippen molar-refractivity contribution < 1.29 is 27.4 Å². The predicted octanol–water partition coefficient (Wildman–Crippen LogP) is 6.16. The summed E-state index contributed by atoms with van der Waals surface area (Å²) in [5.41, 5.74) is 2.39. The van der Waals surface area contributed by atoms with Crippen molar-refractivity contribution in [3.8, 4) is 11.5 Å². The largest absolute Gasteiger partial charge is 0.496 e. The minimum Gasteiger partial charge on any atom is -0.496 e. The molecule has 0 bridgehead atoms. The molecule has 162 valence electrons. The minimum absolute atomic E-state index is 0.0589. The Morgan fingerprint density at radius 1 is 0.968 bits per heavy atom. The fourth-order valence-electron chi connectivity index (χ4n) is 2.97. The Hall–Kier alpha value is -3.48. The number of carbonyl (C=O) groups is 1. The SMILES string of the molecule is COc1ccc(C(=O)Nc2cccc(C(F)(F)F)c2)cc1COc1ccc(C)c(C)c1. The Morgan fingerprint density at radius 3 is 2.42 bits per heavy atom. The van der Waals surface area contributed by atoms with Crippen LogP contribution in [0, 0.1) is 13.8 Å². The smallest absolute Gasteiger partial charge is 0.416 e. The Labute approximate surface area is 178 Å². The Kier molecular flexibility index (Phi) is 6.53. The molecule has 0 fully saturated rings. The van der Waals surface area contributed by atoms with Crippen molar-refractivity contribution in [1.29, 1.82) is 0 Å². The number of ether oxygens (including phenoxy) is 2. The number of rotatable bonds is 6. The van der Waals surface area contributed by atoms with Gasteiger partial charge < -0.3 is 14.8 Å². The third-order valence-electron chi connectivity index (χ3n) is 4.86. The lowest BCUT2D eigenvalue weighted by atomic mass is 10.1. The van der Waals surface area contributed by atoms with E-state index in [2.05, 4.69) is 5.32 Å². The van der Waals surface area contributed by atoms with Gasteiger partial charge in [0.15, 0.2) is 0 Å². The summed E-state index contributed by atoms with van der Waals surface area (Å²) in [6.07, 6.45) is -4.49. The van der Waals surface area contributed by atoms with Crippen LogP contribution >= 0.6 is 0 Å². The molecule has 0 heterocycles. The van der Waals surface area contributed by atoms with E-state index in [-0.39, 0.29) is 17.9 Å². The van der Waals surface area contributed by atoms with Gasteiger partial charge >= 0.3 is 6.18 Å². The van der Waals surface area contributed by atoms with Crippen LogP contribution in [0.25, 0.3) is 0 Å². The first kappa shape index (κ1) is 22.2. The van der Waals surface area contributed by atoms with Crippen LogP contribution in [0.2, 0.25) is 0 Å². The molecule has 0 unspecified atom stereocenters. The lowest BCUT2D eigenvalue weighted by Crippen LogP contribution is -2.14. The summed E-state index contributed by atoms with van der Waals surface area (Å²) in [4.78, 5) is 12.6. The molecule has 1 N–H and O–H groups in total. The van der Waals surface area contributed by atoms with Crippen molar-refractivity contribution in [2.45, 2.75) is 26.6 Å². The second-order valence-corrected chi connectivity index (χ2v) is 7.09. The highest BCUT2D eigenvalue weighted by atomic mass is 19.4. The molecule has 0 aliphatic carbocycles. The highest BCUT2D eigenvalue weighted by molar-refractivity contribution is 6.04. The molecule has 0 radical (unpaired) electrons. The van der Waals surface area contributed by atoms with Crippen molar-refractivity contribution in [3.05, 3.63) is 88.5 Å². The number of alkyl halides is 3. The number of aryl methyl sites for hydroxylation is 2. The van der Waals surface area contributed by atoms with E-state index in [0.717, 1.165) is 23.3 Å². The number of carbonyl (C=O) groups excluding carboxylic acids is 1. The van der Waals surface area contributed by atoms with Crippen molar-refractivity contribution in [1.82, 2.24) is 0 Å². The number of nitrogens with one attached hydrogen (secondary N) is 1. The van der Waals surface area contributed by atoms with Crippen LogP contribution < -0.4 is 14.8 Å². The van der Waals surface area contributed by atoms with E-state index in [9.17, 15) is 18.0 Å². The van der Waals surface area contributed by atoms with Crippen LogP contribution in [-0.4, -0.2) is 13.0 Å². The van der Waals surface area contributed by atoms with Crippen molar-refractivity contribution in [2.75, 3.05) is 12.4 Å². The summed E-state index contributed by atoms with van der Waals surface area (Å²) in [5.74, 6) is 0.692. The highest BCUT2D eigenvalue weighted by Crippen LogP contribution is 2.31. The van der Waals surface area contributed by atoms with Gasteiger partial charge in [-0.3, -0.25) is 4.79 Å². The molecule has 3 aromatic rings.